The number of amides is 1. The summed E-state index contributed by atoms with van der Waals surface area (Å²) in [5.41, 5.74) is 0.196. The minimum absolute atomic E-state index is 0.0427. The highest BCUT2D eigenvalue weighted by atomic mass is 35.5. The molecule has 1 aliphatic carbocycles. The van der Waals surface area contributed by atoms with E-state index in [-0.39, 0.29) is 11.3 Å². The Hall–Kier alpha value is -0.540. The summed E-state index contributed by atoms with van der Waals surface area (Å²) in [6.45, 7) is 2.81. The second kappa shape index (κ2) is 4.76. The standard InChI is InChI=1S/C12H16ClNOS/c1-2-9-3-4-10(16-9)11(15)14-8-12(7-13)5-6-12/h3-4H,2,5-8H2,1H3,(H,14,15). The minimum Gasteiger partial charge on any atom is -0.351 e. The van der Waals surface area contributed by atoms with E-state index in [0.29, 0.717) is 12.4 Å². The Labute approximate surface area is 105 Å². The largest absolute Gasteiger partial charge is 0.351 e. The van der Waals surface area contributed by atoms with Gasteiger partial charge in [0.15, 0.2) is 0 Å². The normalized spacial score (nSPS) is 17.1. The summed E-state index contributed by atoms with van der Waals surface area (Å²) in [6, 6.07) is 3.92. The lowest BCUT2D eigenvalue weighted by Gasteiger charge is -2.11. The Morgan fingerprint density at radius 2 is 2.31 bits per heavy atom. The Kier molecular flexibility index (Phi) is 3.55. The molecule has 88 valence electrons. The average molecular weight is 258 g/mol. The number of alkyl halides is 1. The molecule has 1 saturated carbocycles. The Balaban J connectivity index is 1.88. The summed E-state index contributed by atoms with van der Waals surface area (Å²) in [4.78, 5) is 13.9. The van der Waals surface area contributed by atoms with Gasteiger partial charge < -0.3 is 5.32 Å². The van der Waals surface area contributed by atoms with Gasteiger partial charge in [-0.3, -0.25) is 4.79 Å². The van der Waals surface area contributed by atoms with E-state index in [1.165, 1.54) is 4.88 Å². The van der Waals surface area contributed by atoms with Crippen LogP contribution in [0.1, 0.15) is 34.3 Å². The van der Waals surface area contributed by atoms with Crippen molar-refractivity contribution in [2.24, 2.45) is 5.41 Å². The first-order valence-electron chi connectivity index (χ1n) is 5.62. The number of nitrogens with one attached hydrogen (secondary N) is 1. The topological polar surface area (TPSA) is 29.1 Å². The first-order valence-corrected chi connectivity index (χ1v) is 6.97. The van der Waals surface area contributed by atoms with Gasteiger partial charge in [0.25, 0.3) is 5.91 Å². The van der Waals surface area contributed by atoms with E-state index in [4.69, 9.17) is 11.6 Å². The van der Waals surface area contributed by atoms with E-state index < -0.39 is 0 Å². The van der Waals surface area contributed by atoms with Gasteiger partial charge in [0.05, 0.1) is 4.88 Å². The summed E-state index contributed by atoms with van der Waals surface area (Å²) < 4.78 is 0. The van der Waals surface area contributed by atoms with Gasteiger partial charge >= 0.3 is 0 Å². The van der Waals surface area contributed by atoms with Crippen molar-refractivity contribution >= 4 is 28.8 Å². The minimum atomic E-state index is 0.0427. The lowest BCUT2D eigenvalue weighted by atomic mass is 10.1. The number of rotatable bonds is 5. The second-order valence-corrected chi connectivity index (χ2v) is 5.87. The molecule has 0 bridgehead atoms. The molecule has 1 N–H and O–H groups in total. The predicted molar refractivity (Wildman–Crippen MR) is 68.4 cm³/mol. The first-order chi connectivity index (χ1) is 7.69. The van der Waals surface area contributed by atoms with E-state index in [9.17, 15) is 4.79 Å². The highest BCUT2D eigenvalue weighted by Crippen LogP contribution is 2.45. The molecule has 1 aromatic heterocycles. The van der Waals surface area contributed by atoms with Crippen molar-refractivity contribution in [3.63, 3.8) is 0 Å². The Bertz CT molecular complexity index is 384. The average Bonchev–Trinajstić information content (AvgIpc) is 2.94. The number of carbonyl (C=O) groups is 1. The molecule has 16 heavy (non-hydrogen) atoms. The third-order valence-electron chi connectivity index (χ3n) is 3.10. The van der Waals surface area contributed by atoms with Crippen LogP contribution in [-0.2, 0) is 6.42 Å². The van der Waals surface area contributed by atoms with Crippen LogP contribution >= 0.6 is 22.9 Å². The molecule has 0 atom stereocenters. The van der Waals surface area contributed by atoms with Crippen LogP contribution in [0.2, 0.25) is 0 Å². The van der Waals surface area contributed by atoms with Crippen molar-refractivity contribution in [1.29, 1.82) is 0 Å². The van der Waals surface area contributed by atoms with Crippen molar-refractivity contribution in [3.05, 3.63) is 21.9 Å². The number of carbonyl (C=O) groups excluding carboxylic acids is 1. The number of hydrogen-bond acceptors (Lipinski definition) is 2. The van der Waals surface area contributed by atoms with Gasteiger partial charge in [0.2, 0.25) is 0 Å². The van der Waals surface area contributed by atoms with Crippen molar-refractivity contribution in [2.45, 2.75) is 26.2 Å². The monoisotopic (exact) mass is 257 g/mol. The molecule has 2 rings (SSSR count). The maximum absolute atomic E-state index is 11.8. The van der Waals surface area contributed by atoms with Crippen molar-refractivity contribution in [3.8, 4) is 0 Å². The van der Waals surface area contributed by atoms with Gasteiger partial charge in [-0.1, -0.05) is 6.92 Å². The van der Waals surface area contributed by atoms with E-state index in [2.05, 4.69) is 12.2 Å². The highest BCUT2D eigenvalue weighted by molar-refractivity contribution is 7.14. The van der Waals surface area contributed by atoms with E-state index in [0.717, 1.165) is 24.1 Å². The molecule has 1 aromatic rings. The van der Waals surface area contributed by atoms with Crippen LogP contribution in [0, 0.1) is 5.41 Å². The van der Waals surface area contributed by atoms with Gasteiger partial charge in [-0.2, -0.15) is 0 Å². The molecule has 1 fully saturated rings. The van der Waals surface area contributed by atoms with Gasteiger partial charge in [0, 0.05) is 22.7 Å². The molecule has 0 saturated heterocycles. The molecule has 4 heteroatoms. The summed E-state index contributed by atoms with van der Waals surface area (Å²) in [5.74, 6) is 0.693. The van der Waals surface area contributed by atoms with Gasteiger partial charge in [-0.05, 0) is 31.4 Å². The van der Waals surface area contributed by atoms with Crippen LogP contribution in [0.15, 0.2) is 12.1 Å². The predicted octanol–water partition coefficient (Wildman–Crippen LogP) is 3.06. The zero-order valence-corrected chi connectivity index (χ0v) is 11.0. The van der Waals surface area contributed by atoms with E-state index in [1.807, 2.05) is 12.1 Å². The lowest BCUT2D eigenvalue weighted by molar-refractivity contribution is 0.0950. The molecule has 0 aromatic carbocycles. The maximum Gasteiger partial charge on any atom is 0.261 e. The number of thiophene rings is 1. The zero-order chi connectivity index (χ0) is 11.6. The van der Waals surface area contributed by atoms with Crippen molar-refractivity contribution in [2.75, 3.05) is 12.4 Å². The number of aryl methyl sites for hydroxylation is 1. The number of halogens is 1. The lowest BCUT2D eigenvalue weighted by Crippen LogP contribution is -2.30. The van der Waals surface area contributed by atoms with Crippen LogP contribution < -0.4 is 5.32 Å². The molecule has 0 radical (unpaired) electrons. The maximum atomic E-state index is 11.8. The fraction of sp³-hybridized carbons (Fsp3) is 0.583. The van der Waals surface area contributed by atoms with Gasteiger partial charge in [0.1, 0.15) is 0 Å². The zero-order valence-electron chi connectivity index (χ0n) is 9.38. The summed E-state index contributed by atoms with van der Waals surface area (Å²) in [7, 11) is 0. The van der Waals surface area contributed by atoms with Crippen LogP contribution in [0.25, 0.3) is 0 Å². The van der Waals surface area contributed by atoms with Crippen LogP contribution in [0.5, 0.6) is 0 Å². The van der Waals surface area contributed by atoms with Crippen molar-refractivity contribution in [1.82, 2.24) is 5.32 Å². The quantitative estimate of drug-likeness (QED) is 0.807. The third-order valence-corrected chi connectivity index (χ3v) is 4.89. The molecule has 2 nitrogen and oxygen atoms in total. The fourth-order valence-corrected chi connectivity index (χ4v) is 2.80. The molecular weight excluding hydrogens is 242 g/mol. The highest BCUT2D eigenvalue weighted by Gasteiger charge is 2.41. The van der Waals surface area contributed by atoms with E-state index >= 15 is 0 Å². The molecule has 0 aliphatic heterocycles. The second-order valence-electron chi connectivity index (χ2n) is 4.44. The molecule has 1 heterocycles. The van der Waals surface area contributed by atoms with Crippen LogP contribution in [-0.4, -0.2) is 18.3 Å². The summed E-state index contributed by atoms with van der Waals surface area (Å²) >= 11 is 7.44. The van der Waals surface area contributed by atoms with Gasteiger partial charge in [-0.25, -0.2) is 0 Å². The summed E-state index contributed by atoms with van der Waals surface area (Å²) in [5, 5.41) is 2.98. The fourth-order valence-electron chi connectivity index (χ4n) is 1.58. The van der Waals surface area contributed by atoms with Gasteiger partial charge in [-0.15, -0.1) is 22.9 Å². The van der Waals surface area contributed by atoms with E-state index in [1.54, 1.807) is 11.3 Å². The third kappa shape index (κ3) is 2.58. The first kappa shape index (κ1) is 11.9. The molecule has 0 spiro atoms. The van der Waals surface area contributed by atoms with Crippen molar-refractivity contribution < 1.29 is 4.79 Å². The molecule has 1 aliphatic rings. The Morgan fingerprint density at radius 3 is 2.81 bits per heavy atom. The Morgan fingerprint density at radius 1 is 1.56 bits per heavy atom. The molecule has 0 unspecified atom stereocenters. The van der Waals surface area contributed by atoms with Crippen LogP contribution in [0.3, 0.4) is 0 Å². The number of hydrogen-bond donors (Lipinski definition) is 1. The van der Waals surface area contributed by atoms with Crippen LogP contribution in [0.4, 0.5) is 0 Å². The summed E-state index contributed by atoms with van der Waals surface area (Å²) in [6.07, 6.45) is 3.27. The molecule has 1 amide bonds. The SMILES string of the molecule is CCc1ccc(C(=O)NCC2(CCl)CC2)s1. The smallest absolute Gasteiger partial charge is 0.261 e. The molecular formula is C12H16ClNOS.